The molecule has 10 aromatic rings. The number of aromatic nitrogens is 6. The van der Waals surface area contributed by atoms with E-state index in [2.05, 4.69) is 91.0 Å². The number of anilines is 6. The van der Waals surface area contributed by atoms with Crippen LogP contribution in [0.4, 0.5) is 34.1 Å². The maximum atomic E-state index is 13.1. The highest BCUT2D eigenvalue weighted by Crippen LogP contribution is 2.44. The quantitative estimate of drug-likeness (QED) is 0.0398. The molecule has 13 heteroatoms. The predicted molar refractivity (Wildman–Crippen MR) is 323 cm³/mol. The maximum absolute atomic E-state index is 13.1. The summed E-state index contributed by atoms with van der Waals surface area (Å²) in [4.78, 5) is 62.4. The number of rotatable bonds is 25. The summed E-state index contributed by atoms with van der Waals surface area (Å²) in [6, 6.07) is 51.3. The first-order valence-corrected chi connectivity index (χ1v) is 28.7. The van der Waals surface area contributed by atoms with E-state index in [1.807, 2.05) is 109 Å². The van der Waals surface area contributed by atoms with E-state index in [1.165, 1.54) is 0 Å². The van der Waals surface area contributed by atoms with E-state index in [1.54, 1.807) is 17.2 Å². The molecule has 12 nitrogen and oxygen atoms in total. The standard InChI is InChI=1S/C67H64N8O4S/c1-5-9-13-58(76)45-17-29-51(30-18-45)73(52-31-19-46(20-32-52)59(77)14-10-6-2)55-37-25-49(26-38-55)62-64-65(70-75(69-64)57-41-43-68-44-42-57)63(67-66(62)71-80-72-67)50-27-39-56(40-28-50)74(53-33-21-47(22-34-53)60(78)15-11-7-3)54-35-23-48(24-36-54)61(79)16-12-8-4/h17-44H,5-16H2,1-4H3. The topological polar surface area (TPSA) is 145 Å². The SMILES string of the molecule is CCCCC(=O)c1ccc(N(c2ccc(C(=O)CCCC)cc2)c2ccc(-c3c4nn(-c5ccncc5)nc4c(-c4ccc(N(c5ccc(C(=O)CCCC)cc5)c5ccc(C(=O)CCCC)cc5)cc4)c4[n-][s+]nc34)cc2)cc1. The molecule has 0 spiro atoms. The second-order valence-electron chi connectivity index (χ2n) is 20.2. The summed E-state index contributed by atoms with van der Waals surface area (Å²) in [6.45, 7) is 8.34. The molecule has 0 N–H and O–H groups in total. The number of benzene rings is 7. The highest BCUT2D eigenvalue weighted by atomic mass is 32.1. The van der Waals surface area contributed by atoms with Crippen molar-refractivity contribution in [1.29, 1.82) is 0 Å². The summed E-state index contributed by atoms with van der Waals surface area (Å²) in [5.41, 5.74) is 14.6. The minimum Gasteiger partial charge on any atom is -0.311 e. The van der Waals surface area contributed by atoms with E-state index in [0.717, 1.165) is 125 Å². The number of carbonyl (C=O) groups excluding carboxylic acids is 4. The number of unbranched alkanes of at least 4 members (excludes halogenated alkanes) is 4. The third kappa shape index (κ3) is 11.8. The lowest BCUT2D eigenvalue weighted by atomic mass is 9.95. The zero-order valence-electron chi connectivity index (χ0n) is 45.8. The van der Waals surface area contributed by atoms with Gasteiger partial charge in [0, 0.05) is 117 Å². The van der Waals surface area contributed by atoms with Gasteiger partial charge in [0.2, 0.25) is 0 Å². The summed E-state index contributed by atoms with van der Waals surface area (Å²) in [5.74, 6) is 0.495. The monoisotopic (exact) mass is 1080 g/mol. The number of ketones is 4. The van der Waals surface area contributed by atoms with Crippen LogP contribution in [0.15, 0.2) is 170 Å². The Labute approximate surface area is 471 Å². The van der Waals surface area contributed by atoms with Gasteiger partial charge in [0.1, 0.15) is 11.0 Å². The van der Waals surface area contributed by atoms with Gasteiger partial charge in [-0.05, 0) is 170 Å². The molecular weight excluding hydrogens is 1010 g/mol. The number of Topliss-reactive ketones (excluding diaryl/α,β-unsaturated/α-hetero) is 4. The van der Waals surface area contributed by atoms with Crippen molar-refractivity contribution < 1.29 is 19.2 Å². The molecule has 0 aliphatic rings. The number of hydrogen-bond donors (Lipinski definition) is 0. The van der Waals surface area contributed by atoms with Gasteiger partial charge >= 0.3 is 0 Å². The Morgan fingerprint density at radius 3 is 1.06 bits per heavy atom. The number of pyridine rings is 1. The Hall–Kier alpha value is -8.81. The molecule has 3 heterocycles. The molecule has 0 saturated carbocycles. The van der Waals surface area contributed by atoms with Gasteiger partial charge in [0.05, 0.1) is 5.69 Å². The first-order chi connectivity index (χ1) is 39.2. The van der Waals surface area contributed by atoms with Crippen LogP contribution in [0.5, 0.6) is 0 Å². The fourth-order valence-electron chi connectivity index (χ4n) is 10.1. The molecule has 0 aliphatic heterocycles. The van der Waals surface area contributed by atoms with Crippen LogP contribution in [0.3, 0.4) is 0 Å². The Kier molecular flexibility index (Phi) is 17.3. The van der Waals surface area contributed by atoms with Gasteiger partial charge in [-0.15, -0.1) is 10.2 Å². The van der Waals surface area contributed by atoms with Crippen molar-refractivity contribution in [2.24, 2.45) is 0 Å². The average molecular weight is 1080 g/mol. The van der Waals surface area contributed by atoms with Crippen LogP contribution >= 0.6 is 11.7 Å². The van der Waals surface area contributed by atoms with Gasteiger partial charge in [0.15, 0.2) is 23.1 Å². The average Bonchev–Trinajstić information content (AvgIpc) is 4.08. The van der Waals surface area contributed by atoms with Crippen molar-refractivity contribution >= 4 is 91.1 Å². The van der Waals surface area contributed by atoms with Crippen molar-refractivity contribution in [3.63, 3.8) is 0 Å². The van der Waals surface area contributed by atoms with E-state index in [0.29, 0.717) is 70.0 Å². The molecule has 0 saturated heterocycles. The van der Waals surface area contributed by atoms with Crippen molar-refractivity contribution in [2.75, 3.05) is 9.80 Å². The van der Waals surface area contributed by atoms with Gasteiger partial charge < -0.3 is 9.80 Å². The van der Waals surface area contributed by atoms with E-state index >= 15 is 0 Å². The molecule has 0 bridgehead atoms. The van der Waals surface area contributed by atoms with Crippen LogP contribution in [0.2, 0.25) is 0 Å². The number of nitrogens with zero attached hydrogens (tertiary/aromatic N) is 8. The molecule has 402 valence electrons. The van der Waals surface area contributed by atoms with Crippen LogP contribution in [0, 0.1) is 0 Å². The van der Waals surface area contributed by atoms with Crippen LogP contribution < -0.4 is 14.2 Å². The van der Waals surface area contributed by atoms with Crippen LogP contribution in [0.25, 0.3) is 50.0 Å². The molecule has 0 atom stereocenters. The molecule has 0 radical (unpaired) electrons. The van der Waals surface area contributed by atoms with E-state index in [4.69, 9.17) is 18.9 Å². The summed E-state index contributed by atoms with van der Waals surface area (Å²) in [6.07, 6.45) is 12.6. The Morgan fingerprint density at radius 1 is 0.412 bits per heavy atom. The maximum Gasteiger partial charge on any atom is 0.279 e. The fourth-order valence-corrected chi connectivity index (χ4v) is 10.6. The van der Waals surface area contributed by atoms with Crippen molar-refractivity contribution in [2.45, 2.75) is 105 Å². The Balaban J connectivity index is 1.05. The molecule has 0 fully saturated rings. The molecule has 3 aromatic heterocycles. The highest BCUT2D eigenvalue weighted by molar-refractivity contribution is 7.00. The smallest absolute Gasteiger partial charge is 0.279 e. The molecule has 0 aliphatic carbocycles. The lowest BCUT2D eigenvalue weighted by Gasteiger charge is -2.26. The minimum absolute atomic E-state index is 0.124. The Bertz CT molecular complexity index is 3410. The largest absolute Gasteiger partial charge is 0.311 e. The number of hydrogen-bond acceptors (Lipinski definition) is 10. The highest BCUT2D eigenvalue weighted by Gasteiger charge is 2.25. The van der Waals surface area contributed by atoms with Crippen molar-refractivity contribution in [3.8, 4) is 27.9 Å². The van der Waals surface area contributed by atoms with Crippen molar-refractivity contribution in [1.82, 2.24) is 28.7 Å². The first-order valence-electron chi connectivity index (χ1n) is 28.0. The van der Waals surface area contributed by atoms with Gasteiger partial charge in [-0.25, -0.2) is 0 Å². The third-order valence-electron chi connectivity index (χ3n) is 14.6. The summed E-state index contributed by atoms with van der Waals surface area (Å²) >= 11 is 1.14. The molecular formula is C67H64N8O4S. The first kappa shape index (κ1) is 54.5. The summed E-state index contributed by atoms with van der Waals surface area (Å²) < 4.78 is 9.93. The van der Waals surface area contributed by atoms with E-state index in [9.17, 15) is 19.2 Å². The molecule has 0 amide bonds. The van der Waals surface area contributed by atoms with Gasteiger partial charge in [-0.2, -0.15) is 13.5 Å². The molecule has 0 unspecified atom stereocenters. The van der Waals surface area contributed by atoms with Crippen LogP contribution in [-0.2, 0) is 0 Å². The fraction of sp³-hybridized carbons (Fsp3) is 0.239. The number of carbonyl (C=O) groups is 4. The lowest BCUT2D eigenvalue weighted by molar-refractivity contribution is 0.0972. The number of fused-ring (bicyclic) bond motifs is 2. The zero-order chi connectivity index (χ0) is 55.5. The lowest BCUT2D eigenvalue weighted by Crippen LogP contribution is -2.11. The summed E-state index contributed by atoms with van der Waals surface area (Å²) in [7, 11) is 0. The predicted octanol–water partition coefficient (Wildman–Crippen LogP) is 17.4. The normalized spacial score (nSPS) is 11.3. The summed E-state index contributed by atoms with van der Waals surface area (Å²) in [5, 5.41) is 10.4. The second-order valence-corrected chi connectivity index (χ2v) is 20.7. The van der Waals surface area contributed by atoms with E-state index in [-0.39, 0.29) is 23.1 Å². The van der Waals surface area contributed by atoms with Crippen molar-refractivity contribution in [3.05, 3.63) is 192 Å². The van der Waals surface area contributed by atoms with E-state index < -0.39 is 0 Å². The zero-order valence-corrected chi connectivity index (χ0v) is 46.6. The second kappa shape index (κ2) is 25.3. The van der Waals surface area contributed by atoms with Gasteiger partial charge in [-0.1, -0.05) is 77.6 Å². The Morgan fingerprint density at radius 2 is 0.725 bits per heavy atom. The van der Waals surface area contributed by atoms with Crippen LogP contribution in [0.1, 0.15) is 146 Å². The molecule has 10 rings (SSSR count). The third-order valence-corrected chi connectivity index (χ3v) is 15.1. The molecule has 80 heavy (non-hydrogen) atoms. The molecule has 7 aromatic carbocycles. The minimum atomic E-state index is 0.124. The van der Waals surface area contributed by atoms with Crippen LogP contribution in [-0.4, -0.2) is 47.5 Å². The van der Waals surface area contributed by atoms with Gasteiger partial charge in [-0.3, -0.25) is 24.2 Å². The van der Waals surface area contributed by atoms with Gasteiger partial charge in [0.25, 0.3) is 11.7 Å².